The van der Waals surface area contributed by atoms with Crippen molar-refractivity contribution in [2.24, 2.45) is 0 Å². The van der Waals surface area contributed by atoms with E-state index in [2.05, 4.69) is 4.98 Å². The molecule has 0 saturated carbocycles. The number of fused-ring (bicyclic) bond motifs is 1. The highest BCUT2D eigenvalue weighted by Crippen LogP contribution is 2.27. The summed E-state index contributed by atoms with van der Waals surface area (Å²) in [5.74, 6) is 1.42. The molecule has 172 valence electrons. The van der Waals surface area contributed by atoms with E-state index >= 15 is 0 Å². The molecule has 1 aromatic heterocycles. The Kier molecular flexibility index (Phi) is 6.49. The van der Waals surface area contributed by atoms with Gasteiger partial charge in [-0.1, -0.05) is 24.3 Å². The zero-order chi connectivity index (χ0) is 23.5. The van der Waals surface area contributed by atoms with Gasteiger partial charge in [-0.3, -0.25) is 9.59 Å². The fourth-order valence-corrected chi connectivity index (χ4v) is 4.18. The van der Waals surface area contributed by atoms with E-state index in [0.717, 1.165) is 16.7 Å². The van der Waals surface area contributed by atoms with Crippen molar-refractivity contribution in [3.05, 3.63) is 66.2 Å². The Bertz CT molecular complexity index is 1150. The third-order valence-electron chi connectivity index (χ3n) is 6.01. The van der Waals surface area contributed by atoms with E-state index in [1.807, 2.05) is 96.4 Å². The van der Waals surface area contributed by atoms with Gasteiger partial charge in [-0.2, -0.15) is 0 Å². The van der Waals surface area contributed by atoms with E-state index in [0.29, 0.717) is 30.9 Å². The number of nitrogens with zero attached hydrogens (tertiary/aromatic N) is 4. The van der Waals surface area contributed by atoms with Crippen LogP contribution in [0.2, 0.25) is 0 Å². The number of hydrogen-bond donors (Lipinski definition) is 0. The van der Waals surface area contributed by atoms with Gasteiger partial charge in [-0.15, -0.1) is 0 Å². The second-order valence-electron chi connectivity index (χ2n) is 8.64. The third kappa shape index (κ3) is 4.77. The van der Waals surface area contributed by atoms with E-state index in [9.17, 15) is 9.59 Å². The molecule has 0 bridgehead atoms. The molecule has 1 fully saturated rings. The van der Waals surface area contributed by atoms with Crippen LogP contribution >= 0.6 is 0 Å². The monoisotopic (exact) mass is 446 g/mol. The summed E-state index contributed by atoms with van der Waals surface area (Å²) in [6, 6.07) is 18.8. The fourth-order valence-electron chi connectivity index (χ4n) is 4.18. The average Bonchev–Trinajstić information content (AvgIpc) is 2.83. The van der Waals surface area contributed by atoms with Crippen molar-refractivity contribution >= 4 is 28.5 Å². The molecule has 7 heteroatoms. The van der Waals surface area contributed by atoms with Crippen molar-refractivity contribution in [2.75, 3.05) is 38.6 Å². The highest BCUT2D eigenvalue weighted by molar-refractivity contribution is 5.94. The van der Waals surface area contributed by atoms with Crippen LogP contribution in [0.4, 0.5) is 5.82 Å². The van der Waals surface area contributed by atoms with Crippen LogP contribution in [0.1, 0.15) is 24.2 Å². The Morgan fingerprint density at radius 2 is 1.79 bits per heavy atom. The molecule has 7 nitrogen and oxygen atoms in total. The van der Waals surface area contributed by atoms with Crippen LogP contribution in [0.25, 0.3) is 10.9 Å². The predicted molar refractivity (Wildman–Crippen MR) is 130 cm³/mol. The molecular formula is C26H30N4O3. The van der Waals surface area contributed by atoms with Gasteiger partial charge in [0.05, 0.1) is 5.52 Å². The summed E-state index contributed by atoms with van der Waals surface area (Å²) in [5, 5.41) is 0.870. The highest BCUT2D eigenvalue weighted by Gasteiger charge is 2.33. The molecule has 3 aromatic rings. The first-order valence-electron chi connectivity index (χ1n) is 11.2. The maximum Gasteiger partial charge on any atom is 0.263 e. The molecule has 1 aliphatic rings. The van der Waals surface area contributed by atoms with Gasteiger partial charge in [0.25, 0.3) is 11.8 Å². The largest absolute Gasteiger partial charge is 0.480 e. The molecule has 1 saturated heterocycles. The van der Waals surface area contributed by atoms with Gasteiger partial charge in [-0.05, 0) is 50.2 Å². The number of ether oxygens (including phenoxy) is 1. The van der Waals surface area contributed by atoms with Crippen LogP contribution in [0.3, 0.4) is 0 Å². The summed E-state index contributed by atoms with van der Waals surface area (Å²) in [4.78, 5) is 36.2. The normalized spacial score (nSPS) is 17.0. The van der Waals surface area contributed by atoms with Gasteiger partial charge in [0.1, 0.15) is 11.6 Å². The maximum atomic E-state index is 13.2. The number of anilines is 1. The quantitative estimate of drug-likeness (QED) is 0.601. The first kappa shape index (κ1) is 22.6. The summed E-state index contributed by atoms with van der Waals surface area (Å²) in [6.07, 6.45) is -0.650. The van der Waals surface area contributed by atoms with Crippen molar-refractivity contribution in [3.63, 3.8) is 0 Å². The Morgan fingerprint density at radius 3 is 2.48 bits per heavy atom. The molecule has 0 radical (unpaired) electrons. The second kappa shape index (κ2) is 9.48. The predicted octanol–water partition coefficient (Wildman–Crippen LogP) is 3.44. The third-order valence-corrected chi connectivity index (χ3v) is 6.01. The Balaban J connectivity index is 1.43. The standard InChI is InChI=1S/C26H30N4O3/c1-18-17-29(26(32)20-9-6-5-7-10-20)15-16-30(18)25(31)19(2)33-23-12-8-11-22-21(23)13-14-24(27-22)28(3)4/h5-14,18-19H,15-17H2,1-4H3. The molecule has 33 heavy (non-hydrogen) atoms. The van der Waals surface area contributed by atoms with Crippen molar-refractivity contribution < 1.29 is 14.3 Å². The molecular weight excluding hydrogens is 416 g/mol. The zero-order valence-corrected chi connectivity index (χ0v) is 19.6. The van der Waals surface area contributed by atoms with Crippen LogP contribution in [0.5, 0.6) is 5.75 Å². The Labute approximate surface area is 194 Å². The van der Waals surface area contributed by atoms with Gasteiger partial charge < -0.3 is 19.4 Å². The number of carbonyl (C=O) groups excluding carboxylic acids is 2. The van der Waals surface area contributed by atoms with E-state index in [1.165, 1.54) is 0 Å². The van der Waals surface area contributed by atoms with Gasteiger partial charge in [-0.25, -0.2) is 4.98 Å². The lowest BCUT2D eigenvalue weighted by Crippen LogP contribution is -2.57. The van der Waals surface area contributed by atoms with Gasteiger partial charge in [0.2, 0.25) is 0 Å². The molecule has 0 N–H and O–H groups in total. The summed E-state index contributed by atoms with van der Waals surface area (Å²) >= 11 is 0. The molecule has 2 heterocycles. The number of piperazine rings is 1. The molecule has 2 atom stereocenters. The number of amides is 2. The number of aromatic nitrogens is 1. The van der Waals surface area contributed by atoms with Crippen molar-refractivity contribution in [2.45, 2.75) is 26.0 Å². The zero-order valence-electron chi connectivity index (χ0n) is 19.6. The van der Waals surface area contributed by atoms with Crippen LogP contribution in [0, 0.1) is 0 Å². The minimum Gasteiger partial charge on any atom is -0.480 e. The summed E-state index contributed by atoms with van der Waals surface area (Å²) < 4.78 is 6.11. The average molecular weight is 447 g/mol. The lowest BCUT2D eigenvalue weighted by molar-refractivity contribution is -0.142. The van der Waals surface area contributed by atoms with Crippen molar-refractivity contribution in [1.82, 2.24) is 14.8 Å². The number of hydrogen-bond acceptors (Lipinski definition) is 5. The lowest BCUT2D eigenvalue weighted by atomic mass is 10.1. The SMILES string of the molecule is CC(Oc1cccc2nc(N(C)C)ccc12)C(=O)N1CCN(C(=O)c2ccccc2)CC1C. The topological polar surface area (TPSA) is 66.0 Å². The summed E-state index contributed by atoms with van der Waals surface area (Å²) in [5.41, 5.74) is 1.49. The number of rotatable bonds is 5. The molecule has 4 rings (SSSR count). The van der Waals surface area contributed by atoms with E-state index < -0.39 is 6.10 Å². The Hall–Kier alpha value is -3.61. The van der Waals surface area contributed by atoms with E-state index in [1.54, 1.807) is 6.92 Å². The highest BCUT2D eigenvalue weighted by atomic mass is 16.5. The molecule has 2 aromatic carbocycles. The smallest absolute Gasteiger partial charge is 0.263 e. The minimum atomic E-state index is -0.650. The fraction of sp³-hybridized carbons (Fsp3) is 0.346. The molecule has 2 amide bonds. The Morgan fingerprint density at radius 1 is 1.03 bits per heavy atom. The minimum absolute atomic E-state index is 0.000744. The van der Waals surface area contributed by atoms with Gasteiger partial charge >= 0.3 is 0 Å². The number of pyridine rings is 1. The van der Waals surface area contributed by atoms with Crippen LogP contribution < -0.4 is 9.64 Å². The first-order valence-corrected chi connectivity index (χ1v) is 11.2. The van der Waals surface area contributed by atoms with Crippen molar-refractivity contribution in [1.29, 1.82) is 0 Å². The number of carbonyl (C=O) groups is 2. The van der Waals surface area contributed by atoms with Crippen LogP contribution in [0.15, 0.2) is 60.7 Å². The van der Waals surface area contributed by atoms with Gasteiger partial charge in [0, 0.05) is 50.7 Å². The maximum absolute atomic E-state index is 13.2. The van der Waals surface area contributed by atoms with E-state index in [-0.39, 0.29) is 17.9 Å². The molecule has 2 unspecified atom stereocenters. The first-order chi connectivity index (χ1) is 15.8. The van der Waals surface area contributed by atoms with Crippen LogP contribution in [-0.4, -0.2) is 72.5 Å². The molecule has 1 aliphatic heterocycles. The number of benzene rings is 2. The lowest BCUT2D eigenvalue weighted by Gasteiger charge is -2.40. The molecule has 0 spiro atoms. The van der Waals surface area contributed by atoms with E-state index in [4.69, 9.17) is 4.74 Å². The van der Waals surface area contributed by atoms with Gasteiger partial charge in [0.15, 0.2) is 6.10 Å². The molecule has 0 aliphatic carbocycles. The second-order valence-corrected chi connectivity index (χ2v) is 8.64. The van der Waals surface area contributed by atoms with Crippen molar-refractivity contribution in [3.8, 4) is 5.75 Å². The summed E-state index contributed by atoms with van der Waals surface area (Å²) in [7, 11) is 3.90. The summed E-state index contributed by atoms with van der Waals surface area (Å²) in [6.45, 7) is 5.23. The van der Waals surface area contributed by atoms with Crippen LogP contribution in [-0.2, 0) is 4.79 Å².